The van der Waals surface area contributed by atoms with E-state index in [1.807, 2.05) is 18.2 Å². The highest BCUT2D eigenvalue weighted by atomic mass is 16.5. The highest BCUT2D eigenvalue weighted by Crippen LogP contribution is 2.24. The molecule has 0 amide bonds. The smallest absolute Gasteiger partial charge is 0.119 e. The van der Waals surface area contributed by atoms with E-state index < -0.39 is 6.10 Å². The lowest BCUT2D eigenvalue weighted by molar-refractivity contribution is 0.0663. The summed E-state index contributed by atoms with van der Waals surface area (Å²) in [5.41, 5.74) is 2.70. The molecule has 4 nitrogen and oxygen atoms in total. The first-order valence-electron chi connectivity index (χ1n) is 9.85. The van der Waals surface area contributed by atoms with Crippen LogP contribution in [0.5, 0.6) is 5.75 Å². The molecule has 146 valence electrons. The van der Waals surface area contributed by atoms with Crippen LogP contribution in [0.3, 0.4) is 0 Å². The Labute approximate surface area is 163 Å². The van der Waals surface area contributed by atoms with Gasteiger partial charge in [0, 0.05) is 38.4 Å². The van der Waals surface area contributed by atoms with Gasteiger partial charge in [0.05, 0.1) is 0 Å². The molecule has 0 aliphatic carbocycles. The predicted octanol–water partition coefficient (Wildman–Crippen LogP) is 3.55. The molecular weight excluding hydrogens is 336 g/mol. The van der Waals surface area contributed by atoms with Crippen molar-refractivity contribution in [3.05, 3.63) is 60.2 Å². The molecule has 27 heavy (non-hydrogen) atoms. The zero-order valence-electron chi connectivity index (χ0n) is 16.8. The fourth-order valence-corrected chi connectivity index (χ4v) is 3.42. The van der Waals surface area contributed by atoms with Gasteiger partial charge in [0.2, 0.25) is 0 Å². The summed E-state index contributed by atoms with van der Waals surface area (Å²) in [6, 6.07) is 18.7. The minimum absolute atomic E-state index is 0.139. The van der Waals surface area contributed by atoms with Crippen LogP contribution in [0.4, 0.5) is 5.69 Å². The molecule has 1 N–H and O–H groups in total. The Bertz CT molecular complexity index is 687. The molecule has 0 radical (unpaired) electrons. The molecule has 4 heteroatoms. The van der Waals surface area contributed by atoms with Gasteiger partial charge in [-0.25, -0.2) is 0 Å². The summed E-state index contributed by atoms with van der Waals surface area (Å²) >= 11 is 0. The molecule has 2 aromatic rings. The van der Waals surface area contributed by atoms with E-state index in [2.05, 4.69) is 67.0 Å². The van der Waals surface area contributed by atoms with Crippen molar-refractivity contribution in [2.75, 3.05) is 44.2 Å². The van der Waals surface area contributed by atoms with Crippen molar-refractivity contribution >= 4 is 5.69 Å². The third-order valence-electron chi connectivity index (χ3n) is 5.13. The summed E-state index contributed by atoms with van der Waals surface area (Å²) in [6.07, 6.45) is -0.476. The zero-order chi connectivity index (χ0) is 19.3. The molecule has 1 aliphatic heterocycles. The Morgan fingerprint density at radius 1 is 0.926 bits per heavy atom. The van der Waals surface area contributed by atoms with Gasteiger partial charge in [0.25, 0.3) is 0 Å². The van der Waals surface area contributed by atoms with Crippen molar-refractivity contribution in [3.8, 4) is 5.75 Å². The number of anilines is 1. The second-order valence-electron chi connectivity index (χ2n) is 8.36. The number of benzene rings is 2. The van der Waals surface area contributed by atoms with Crippen molar-refractivity contribution in [3.63, 3.8) is 0 Å². The van der Waals surface area contributed by atoms with E-state index in [0.717, 1.165) is 31.9 Å². The van der Waals surface area contributed by atoms with Crippen LogP contribution in [0.1, 0.15) is 26.3 Å². The van der Waals surface area contributed by atoms with Crippen LogP contribution in [0, 0.1) is 0 Å². The Morgan fingerprint density at radius 2 is 1.56 bits per heavy atom. The number of rotatable bonds is 6. The summed E-state index contributed by atoms with van der Waals surface area (Å²) in [5, 5.41) is 10.3. The van der Waals surface area contributed by atoms with Crippen molar-refractivity contribution in [2.45, 2.75) is 32.3 Å². The van der Waals surface area contributed by atoms with Gasteiger partial charge in [0.1, 0.15) is 18.5 Å². The van der Waals surface area contributed by atoms with E-state index in [-0.39, 0.29) is 5.41 Å². The molecule has 1 atom stereocenters. The van der Waals surface area contributed by atoms with Gasteiger partial charge in [-0.2, -0.15) is 0 Å². The maximum absolute atomic E-state index is 10.3. The summed E-state index contributed by atoms with van der Waals surface area (Å²) in [7, 11) is 0. The van der Waals surface area contributed by atoms with Gasteiger partial charge in [0.15, 0.2) is 0 Å². The van der Waals surface area contributed by atoms with Crippen LogP contribution in [0.15, 0.2) is 54.6 Å². The highest BCUT2D eigenvalue weighted by Gasteiger charge is 2.20. The monoisotopic (exact) mass is 368 g/mol. The molecule has 3 rings (SSSR count). The van der Waals surface area contributed by atoms with Gasteiger partial charge >= 0.3 is 0 Å². The van der Waals surface area contributed by atoms with E-state index in [0.29, 0.717) is 13.2 Å². The van der Waals surface area contributed by atoms with Crippen LogP contribution >= 0.6 is 0 Å². The fraction of sp³-hybridized carbons (Fsp3) is 0.478. The molecule has 1 fully saturated rings. The van der Waals surface area contributed by atoms with E-state index in [4.69, 9.17) is 4.74 Å². The fourth-order valence-electron chi connectivity index (χ4n) is 3.42. The molecule has 1 aliphatic rings. The number of aliphatic hydroxyl groups is 1. The summed E-state index contributed by atoms with van der Waals surface area (Å²) in [5.74, 6) is 0.816. The van der Waals surface area contributed by atoms with Crippen LogP contribution in [-0.2, 0) is 5.41 Å². The lowest BCUT2D eigenvalue weighted by Crippen LogP contribution is -2.49. The van der Waals surface area contributed by atoms with E-state index in [1.165, 1.54) is 11.3 Å². The van der Waals surface area contributed by atoms with Crippen molar-refractivity contribution < 1.29 is 9.84 Å². The largest absolute Gasteiger partial charge is 0.491 e. The second kappa shape index (κ2) is 8.77. The number of para-hydroxylation sites is 1. The number of ether oxygens (including phenoxy) is 1. The summed E-state index contributed by atoms with van der Waals surface area (Å²) in [6.45, 7) is 11.5. The minimum atomic E-state index is -0.476. The average Bonchev–Trinajstić information content (AvgIpc) is 2.67. The lowest BCUT2D eigenvalue weighted by atomic mass is 9.87. The molecular formula is C23H32N2O2. The third kappa shape index (κ3) is 5.72. The quantitative estimate of drug-likeness (QED) is 0.846. The van der Waals surface area contributed by atoms with Crippen LogP contribution in [-0.4, -0.2) is 55.4 Å². The lowest BCUT2D eigenvalue weighted by Gasteiger charge is -2.36. The molecule has 0 saturated carbocycles. The van der Waals surface area contributed by atoms with Crippen LogP contribution in [0.2, 0.25) is 0 Å². The average molecular weight is 369 g/mol. The molecule has 0 unspecified atom stereocenters. The van der Waals surface area contributed by atoms with Crippen molar-refractivity contribution in [1.29, 1.82) is 0 Å². The number of piperazine rings is 1. The number of aliphatic hydroxyl groups excluding tert-OH is 1. The number of nitrogens with zero attached hydrogens (tertiary/aromatic N) is 2. The van der Waals surface area contributed by atoms with Gasteiger partial charge in [-0.1, -0.05) is 51.1 Å². The Kier molecular flexibility index (Phi) is 6.40. The first kappa shape index (κ1) is 19.7. The van der Waals surface area contributed by atoms with Crippen LogP contribution < -0.4 is 9.64 Å². The minimum Gasteiger partial charge on any atom is -0.491 e. The molecule has 0 bridgehead atoms. The number of hydrogen-bond donors (Lipinski definition) is 1. The Hall–Kier alpha value is -2.04. The summed E-state index contributed by atoms with van der Waals surface area (Å²) in [4.78, 5) is 4.71. The normalized spacial score (nSPS) is 17.0. The molecule has 0 aromatic heterocycles. The van der Waals surface area contributed by atoms with Gasteiger partial charge in [-0.3, -0.25) is 4.90 Å². The molecule has 2 aromatic carbocycles. The number of β-amino-alcohol motifs (C(OH)–C–C–N with tert-alkyl or cyclic N) is 1. The maximum atomic E-state index is 10.3. The molecule has 1 heterocycles. The topological polar surface area (TPSA) is 35.9 Å². The third-order valence-corrected chi connectivity index (χ3v) is 5.13. The second-order valence-corrected chi connectivity index (χ2v) is 8.36. The first-order valence-corrected chi connectivity index (χ1v) is 9.85. The Balaban J connectivity index is 1.40. The maximum Gasteiger partial charge on any atom is 0.119 e. The molecule has 0 spiro atoms. The van der Waals surface area contributed by atoms with Crippen LogP contribution in [0.25, 0.3) is 0 Å². The van der Waals surface area contributed by atoms with Crippen molar-refractivity contribution in [1.82, 2.24) is 4.90 Å². The van der Waals surface area contributed by atoms with Gasteiger partial charge < -0.3 is 14.7 Å². The van der Waals surface area contributed by atoms with E-state index >= 15 is 0 Å². The van der Waals surface area contributed by atoms with Crippen molar-refractivity contribution in [2.24, 2.45) is 0 Å². The Morgan fingerprint density at radius 3 is 2.15 bits per heavy atom. The van der Waals surface area contributed by atoms with E-state index in [1.54, 1.807) is 0 Å². The standard InChI is InChI=1S/C23H32N2O2/c1-23(2,3)19-9-11-22(12-10-19)27-18-21(26)17-24-13-15-25(16-14-24)20-7-5-4-6-8-20/h4-12,21,26H,13-18H2,1-3H3/t21-/m1/s1. The molecule has 1 saturated heterocycles. The SMILES string of the molecule is CC(C)(C)c1ccc(OC[C@H](O)CN2CCN(c3ccccc3)CC2)cc1. The highest BCUT2D eigenvalue weighted by molar-refractivity contribution is 5.46. The zero-order valence-corrected chi connectivity index (χ0v) is 16.8. The summed E-state index contributed by atoms with van der Waals surface area (Å²) < 4.78 is 5.78. The van der Waals surface area contributed by atoms with Gasteiger partial charge in [-0.05, 0) is 35.2 Å². The van der Waals surface area contributed by atoms with E-state index in [9.17, 15) is 5.11 Å². The first-order chi connectivity index (χ1) is 12.9. The van der Waals surface area contributed by atoms with Gasteiger partial charge in [-0.15, -0.1) is 0 Å². The number of hydrogen-bond acceptors (Lipinski definition) is 4. The predicted molar refractivity (Wildman–Crippen MR) is 112 cm³/mol.